The highest BCUT2D eigenvalue weighted by Crippen LogP contribution is 2.30. The van der Waals surface area contributed by atoms with Crippen LogP contribution in [0.1, 0.15) is 51.8 Å². The largest absolute Gasteiger partial charge is 0.367 e. The standard InChI is InChI=1S/C30H37N5O/c1-21(2)35-20-22(9-14-27(35)36)19-33-15-17-34(18-16-33)26-8-6-7-25-28(26)32-29(31-25)23-10-12-24(13-11-23)30(3,4)5/h6-14,20-21H,15-19H2,1-5H3,(H,31,32). The number of H-pyrrole nitrogens is 1. The summed E-state index contributed by atoms with van der Waals surface area (Å²) in [6.07, 6.45) is 2.01. The minimum absolute atomic E-state index is 0.0650. The van der Waals surface area contributed by atoms with Gasteiger partial charge in [-0.3, -0.25) is 9.69 Å². The summed E-state index contributed by atoms with van der Waals surface area (Å²) >= 11 is 0. The van der Waals surface area contributed by atoms with Gasteiger partial charge in [-0.2, -0.15) is 0 Å². The van der Waals surface area contributed by atoms with Crippen LogP contribution in [0, 0.1) is 0 Å². The number of piperazine rings is 1. The van der Waals surface area contributed by atoms with Gasteiger partial charge >= 0.3 is 0 Å². The van der Waals surface area contributed by atoms with Crippen LogP contribution < -0.4 is 10.5 Å². The predicted molar refractivity (Wildman–Crippen MR) is 149 cm³/mol. The highest BCUT2D eigenvalue weighted by atomic mass is 16.1. The van der Waals surface area contributed by atoms with Crippen LogP contribution in [-0.2, 0) is 12.0 Å². The maximum Gasteiger partial charge on any atom is 0.250 e. The fraction of sp³-hybridized carbons (Fsp3) is 0.400. The summed E-state index contributed by atoms with van der Waals surface area (Å²) < 4.78 is 1.82. The van der Waals surface area contributed by atoms with Gasteiger partial charge in [-0.15, -0.1) is 0 Å². The number of anilines is 1. The van der Waals surface area contributed by atoms with Crippen LogP contribution in [0.25, 0.3) is 22.4 Å². The lowest BCUT2D eigenvalue weighted by molar-refractivity contribution is 0.249. The molecule has 2 aromatic carbocycles. The number of nitrogens with zero attached hydrogens (tertiary/aromatic N) is 4. The molecule has 6 heteroatoms. The zero-order valence-corrected chi connectivity index (χ0v) is 22.1. The Labute approximate surface area is 213 Å². The number of fused-ring (bicyclic) bond motifs is 1. The number of aromatic nitrogens is 3. The van der Waals surface area contributed by atoms with E-state index >= 15 is 0 Å². The monoisotopic (exact) mass is 483 g/mol. The number of imidazole rings is 1. The van der Waals surface area contributed by atoms with Gasteiger partial charge in [0.05, 0.1) is 11.2 Å². The summed E-state index contributed by atoms with van der Waals surface area (Å²) in [7, 11) is 0. The van der Waals surface area contributed by atoms with E-state index in [-0.39, 0.29) is 17.0 Å². The number of hydrogen-bond donors (Lipinski definition) is 1. The molecule has 4 aromatic rings. The predicted octanol–water partition coefficient (Wildman–Crippen LogP) is 5.59. The molecule has 2 aromatic heterocycles. The van der Waals surface area contributed by atoms with Crippen molar-refractivity contribution in [2.75, 3.05) is 31.1 Å². The average Bonchev–Trinajstić information content (AvgIpc) is 3.30. The van der Waals surface area contributed by atoms with Gasteiger partial charge in [0.1, 0.15) is 11.3 Å². The fourth-order valence-electron chi connectivity index (χ4n) is 4.99. The van der Waals surface area contributed by atoms with E-state index in [4.69, 9.17) is 4.98 Å². The summed E-state index contributed by atoms with van der Waals surface area (Å²) in [4.78, 5) is 25.6. The van der Waals surface area contributed by atoms with Crippen molar-refractivity contribution in [1.82, 2.24) is 19.4 Å². The summed E-state index contributed by atoms with van der Waals surface area (Å²) in [5.74, 6) is 0.914. The third-order valence-corrected chi connectivity index (χ3v) is 7.19. The third-order valence-electron chi connectivity index (χ3n) is 7.19. The second-order valence-electron chi connectivity index (χ2n) is 11.2. The lowest BCUT2D eigenvalue weighted by Gasteiger charge is -2.36. The number of aromatic amines is 1. The van der Waals surface area contributed by atoms with E-state index in [1.54, 1.807) is 6.07 Å². The molecule has 0 bridgehead atoms. The molecule has 0 radical (unpaired) electrons. The molecule has 0 amide bonds. The van der Waals surface area contributed by atoms with Crippen molar-refractivity contribution in [1.29, 1.82) is 0 Å². The second kappa shape index (κ2) is 9.58. The Morgan fingerprint density at radius 3 is 2.33 bits per heavy atom. The highest BCUT2D eigenvalue weighted by molar-refractivity contribution is 5.91. The van der Waals surface area contributed by atoms with Crippen LogP contribution >= 0.6 is 0 Å². The van der Waals surface area contributed by atoms with E-state index in [1.807, 2.05) is 30.7 Å². The Hall–Kier alpha value is -3.38. The first kappa shape index (κ1) is 24.3. The van der Waals surface area contributed by atoms with Gasteiger partial charge in [0, 0.05) is 56.6 Å². The lowest BCUT2D eigenvalue weighted by Crippen LogP contribution is -2.46. The molecular weight excluding hydrogens is 446 g/mol. The van der Waals surface area contributed by atoms with Crippen LogP contribution in [0.5, 0.6) is 0 Å². The number of para-hydroxylation sites is 1. The first-order valence-corrected chi connectivity index (χ1v) is 13.0. The Balaban J connectivity index is 1.30. The third kappa shape index (κ3) is 4.96. The Morgan fingerprint density at radius 2 is 1.67 bits per heavy atom. The number of benzene rings is 2. The fourth-order valence-corrected chi connectivity index (χ4v) is 4.99. The highest BCUT2D eigenvalue weighted by Gasteiger charge is 2.21. The van der Waals surface area contributed by atoms with Crippen molar-refractivity contribution in [3.8, 4) is 11.4 Å². The van der Waals surface area contributed by atoms with E-state index in [2.05, 4.69) is 78.0 Å². The topological polar surface area (TPSA) is 57.2 Å². The van der Waals surface area contributed by atoms with Crippen molar-refractivity contribution in [2.45, 2.75) is 52.6 Å². The van der Waals surface area contributed by atoms with Gasteiger partial charge < -0.3 is 14.5 Å². The van der Waals surface area contributed by atoms with Gasteiger partial charge in [-0.05, 0) is 42.5 Å². The van der Waals surface area contributed by atoms with E-state index in [9.17, 15) is 4.79 Å². The minimum Gasteiger partial charge on any atom is -0.367 e. The maximum atomic E-state index is 12.1. The molecule has 3 heterocycles. The lowest BCUT2D eigenvalue weighted by atomic mass is 9.87. The maximum absolute atomic E-state index is 12.1. The Kier molecular flexibility index (Phi) is 6.47. The van der Waals surface area contributed by atoms with Crippen molar-refractivity contribution in [2.24, 2.45) is 0 Å². The molecule has 0 atom stereocenters. The number of rotatable bonds is 5. The molecule has 36 heavy (non-hydrogen) atoms. The van der Waals surface area contributed by atoms with E-state index in [1.165, 1.54) is 16.8 Å². The summed E-state index contributed by atoms with van der Waals surface area (Å²) in [6, 6.07) is 19.0. The van der Waals surface area contributed by atoms with Crippen molar-refractivity contribution >= 4 is 16.7 Å². The molecule has 188 valence electrons. The molecule has 1 fully saturated rings. The molecule has 0 unspecified atom stereocenters. The first-order chi connectivity index (χ1) is 17.2. The number of pyridine rings is 1. The SMILES string of the molecule is CC(C)n1cc(CN2CCN(c3cccc4[nH]c(-c5ccc(C(C)(C)C)cc5)nc34)CC2)ccc1=O. The van der Waals surface area contributed by atoms with E-state index in [0.29, 0.717) is 0 Å². The van der Waals surface area contributed by atoms with Crippen LogP contribution in [0.15, 0.2) is 65.6 Å². The van der Waals surface area contributed by atoms with Crippen molar-refractivity contribution in [3.63, 3.8) is 0 Å². The number of nitrogens with one attached hydrogen (secondary N) is 1. The zero-order valence-electron chi connectivity index (χ0n) is 22.1. The van der Waals surface area contributed by atoms with Crippen LogP contribution in [0.4, 0.5) is 5.69 Å². The van der Waals surface area contributed by atoms with Crippen LogP contribution in [-0.4, -0.2) is 45.6 Å². The van der Waals surface area contributed by atoms with Gasteiger partial charge in [-0.25, -0.2) is 4.98 Å². The van der Waals surface area contributed by atoms with Crippen molar-refractivity contribution < 1.29 is 0 Å². The smallest absolute Gasteiger partial charge is 0.250 e. The minimum atomic E-state index is 0.0650. The number of hydrogen-bond acceptors (Lipinski definition) is 4. The summed E-state index contributed by atoms with van der Waals surface area (Å²) in [5, 5.41) is 0. The molecule has 0 spiro atoms. The van der Waals surface area contributed by atoms with Crippen LogP contribution in [0.3, 0.4) is 0 Å². The zero-order chi connectivity index (χ0) is 25.4. The van der Waals surface area contributed by atoms with Gasteiger partial charge in [-0.1, -0.05) is 57.2 Å². The molecule has 1 saturated heterocycles. The van der Waals surface area contributed by atoms with Crippen LogP contribution in [0.2, 0.25) is 0 Å². The molecule has 0 aliphatic carbocycles. The Morgan fingerprint density at radius 1 is 0.944 bits per heavy atom. The molecule has 5 rings (SSSR count). The molecule has 0 saturated carbocycles. The normalized spacial score (nSPS) is 15.2. The molecule has 1 N–H and O–H groups in total. The summed E-state index contributed by atoms with van der Waals surface area (Å²) in [6.45, 7) is 15.5. The first-order valence-electron chi connectivity index (χ1n) is 13.0. The van der Waals surface area contributed by atoms with Gasteiger partial charge in [0.15, 0.2) is 0 Å². The Bertz CT molecular complexity index is 1400. The van der Waals surface area contributed by atoms with Gasteiger partial charge in [0.2, 0.25) is 0 Å². The molecular formula is C30H37N5O. The van der Waals surface area contributed by atoms with Gasteiger partial charge in [0.25, 0.3) is 5.56 Å². The molecule has 6 nitrogen and oxygen atoms in total. The van der Waals surface area contributed by atoms with Crippen molar-refractivity contribution in [3.05, 3.63) is 82.3 Å². The van der Waals surface area contributed by atoms with E-state index in [0.717, 1.165) is 55.1 Å². The average molecular weight is 484 g/mol. The molecule has 1 aliphatic rings. The quantitative estimate of drug-likeness (QED) is 0.402. The summed E-state index contributed by atoms with van der Waals surface area (Å²) in [5.41, 5.74) is 7.11. The molecule has 1 aliphatic heterocycles. The second-order valence-corrected chi connectivity index (χ2v) is 11.2. The van der Waals surface area contributed by atoms with E-state index < -0.39 is 0 Å².